The third-order valence-electron chi connectivity index (χ3n) is 5.48. The van der Waals surface area contributed by atoms with Crippen LogP contribution in [0.1, 0.15) is 30.5 Å². The van der Waals surface area contributed by atoms with Crippen molar-refractivity contribution in [3.63, 3.8) is 0 Å². The first-order valence-electron chi connectivity index (χ1n) is 9.74. The van der Waals surface area contributed by atoms with Gasteiger partial charge in [-0.15, -0.1) is 0 Å². The highest BCUT2D eigenvalue weighted by Gasteiger charge is 2.52. The first-order valence-corrected chi connectivity index (χ1v) is 9.74. The first-order chi connectivity index (χ1) is 13.8. The van der Waals surface area contributed by atoms with Crippen molar-refractivity contribution in [2.75, 3.05) is 12.3 Å². The summed E-state index contributed by atoms with van der Waals surface area (Å²) in [5.41, 5.74) is 7.73. The molecular formula is C22H29NO6. The predicted molar refractivity (Wildman–Crippen MR) is 108 cm³/mol. The van der Waals surface area contributed by atoms with Gasteiger partial charge in [-0.1, -0.05) is 37.3 Å². The van der Waals surface area contributed by atoms with Crippen molar-refractivity contribution in [3.8, 4) is 5.75 Å². The minimum absolute atomic E-state index is 0.402. The number of ether oxygens (including phenoxy) is 2. The van der Waals surface area contributed by atoms with Gasteiger partial charge in [-0.25, -0.2) is 0 Å². The van der Waals surface area contributed by atoms with Crippen LogP contribution in [0.3, 0.4) is 0 Å². The molecule has 0 aromatic heterocycles. The van der Waals surface area contributed by atoms with E-state index in [1.807, 2.05) is 18.2 Å². The lowest BCUT2D eigenvalue weighted by atomic mass is 9.86. The van der Waals surface area contributed by atoms with Gasteiger partial charge in [-0.2, -0.15) is 0 Å². The molecule has 2 aromatic carbocycles. The zero-order valence-corrected chi connectivity index (χ0v) is 16.7. The van der Waals surface area contributed by atoms with E-state index in [4.69, 9.17) is 15.2 Å². The lowest BCUT2D eigenvalue weighted by Crippen LogP contribution is -2.66. The van der Waals surface area contributed by atoms with Gasteiger partial charge in [0.1, 0.15) is 29.7 Å². The number of hydrogen-bond donors (Lipinski definition) is 5. The van der Waals surface area contributed by atoms with Gasteiger partial charge >= 0.3 is 0 Å². The van der Waals surface area contributed by atoms with Gasteiger partial charge in [0.15, 0.2) is 0 Å². The Morgan fingerprint density at radius 2 is 1.76 bits per heavy atom. The molecule has 3 rings (SSSR count). The van der Waals surface area contributed by atoms with Gasteiger partial charge in [0, 0.05) is 18.2 Å². The van der Waals surface area contributed by atoms with Crippen LogP contribution in [-0.4, -0.2) is 57.2 Å². The smallest absolute Gasteiger partial charge is 0.229 e. The molecule has 6 N–H and O–H groups in total. The van der Waals surface area contributed by atoms with Crippen LogP contribution >= 0.6 is 0 Å². The average Bonchev–Trinajstić information content (AvgIpc) is 2.71. The van der Waals surface area contributed by atoms with Crippen molar-refractivity contribution >= 4 is 5.69 Å². The normalized spacial score (nSPS) is 29.6. The molecule has 7 nitrogen and oxygen atoms in total. The van der Waals surface area contributed by atoms with Crippen molar-refractivity contribution in [3.05, 3.63) is 59.2 Å². The van der Waals surface area contributed by atoms with Crippen LogP contribution in [-0.2, 0) is 17.6 Å². The fourth-order valence-electron chi connectivity index (χ4n) is 3.46. The van der Waals surface area contributed by atoms with Crippen molar-refractivity contribution in [1.29, 1.82) is 0 Å². The Bertz CT molecular complexity index is 819. The van der Waals surface area contributed by atoms with Crippen LogP contribution in [0.25, 0.3) is 0 Å². The number of aryl methyl sites for hydroxylation is 1. The van der Waals surface area contributed by atoms with E-state index in [-0.39, 0.29) is 0 Å². The summed E-state index contributed by atoms with van der Waals surface area (Å²) in [6, 6.07) is 13.5. The molecule has 0 spiro atoms. The van der Waals surface area contributed by atoms with Gasteiger partial charge in [0.2, 0.25) is 6.29 Å². The number of benzene rings is 2. The number of aliphatic hydroxyl groups excluding tert-OH is 3. The number of anilines is 1. The Morgan fingerprint density at radius 1 is 1.10 bits per heavy atom. The number of nitrogen functional groups attached to an aromatic ring is 1. The monoisotopic (exact) mass is 403 g/mol. The molecule has 0 bridgehead atoms. The van der Waals surface area contributed by atoms with E-state index < -0.39 is 36.8 Å². The summed E-state index contributed by atoms with van der Waals surface area (Å²) < 4.78 is 11.4. The molecule has 1 aliphatic heterocycles. The van der Waals surface area contributed by atoms with E-state index in [9.17, 15) is 20.4 Å². The molecule has 0 saturated carbocycles. The van der Waals surface area contributed by atoms with Gasteiger partial charge in [0.05, 0.1) is 6.61 Å². The molecule has 158 valence electrons. The molecule has 0 unspecified atom stereocenters. The lowest BCUT2D eigenvalue weighted by molar-refractivity contribution is -0.308. The second-order valence-corrected chi connectivity index (χ2v) is 7.67. The lowest BCUT2D eigenvalue weighted by Gasteiger charge is -2.45. The Hall–Kier alpha value is -2.16. The maximum absolute atomic E-state index is 10.4. The van der Waals surface area contributed by atoms with Crippen LogP contribution in [0.4, 0.5) is 5.69 Å². The number of nitrogens with two attached hydrogens (primary N) is 1. The van der Waals surface area contributed by atoms with E-state index >= 15 is 0 Å². The molecule has 0 radical (unpaired) electrons. The van der Waals surface area contributed by atoms with Crippen molar-refractivity contribution in [2.24, 2.45) is 0 Å². The molecule has 1 saturated heterocycles. The highest BCUT2D eigenvalue weighted by Crippen LogP contribution is 2.33. The van der Waals surface area contributed by atoms with E-state index in [1.54, 1.807) is 12.1 Å². The first kappa shape index (κ1) is 21.5. The van der Waals surface area contributed by atoms with Crippen molar-refractivity contribution < 1.29 is 29.9 Å². The third-order valence-corrected chi connectivity index (χ3v) is 5.48. The van der Waals surface area contributed by atoms with Gasteiger partial charge < -0.3 is 35.6 Å². The largest absolute Gasteiger partial charge is 0.462 e. The Labute approximate surface area is 170 Å². The Morgan fingerprint density at radius 3 is 2.38 bits per heavy atom. The van der Waals surface area contributed by atoms with Crippen molar-refractivity contribution in [2.45, 2.75) is 56.9 Å². The minimum atomic E-state index is -1.81. The average molecular weight is 403 g/mol. The zero-order valence-electron chi connectivity index (χ0n) is 16.7. The summed E-state index contributed by atoms with van der Waals surface area (Å²) in [6.45, 7) is 2.86. The number of hydrogen-bond acceptors (Lipinski definition) is 7. The van der Waals surface area contributed by atoms with E-state index in [0.717, 1.165) is 17.5 Å². The van der Waals surface area contributed by atoms with E-state index in [2.05, 4.69) is 19.1 Å². The summed E-state index contributed by atoms with van der Waals surface area (Å²) >= 11 is 0. The quantitative estimate of drug-likeness (QED) is 0.456. The van der Waals surface area contributed by atoms with Crippen LogP contribution in [0.5, 0.6) is 5.75 Å². The molecule has 7 heteroatoms. The highest BCUT2D eigenvalue weighted by atomic mass is 16.7. The Kier molecular flexibility index (Phi) is 6.45. The summed E-state index contributed by atoms with van der Waals surface area (Å²) in [7, 11) is 0. The second kappa shape index (κ2) is 8.69. The topological polar surface area (TPSA) is 125 Å². The molecule has 0 aliphatic carbocycles. The van der Waals surface area contributed by atoms with E-state index in [0.29, 0.717) is 17.9 Å². The van der Waals surface area contributed by atoms with Crippen LogP contribution in [0.15, 0.2) is 42.5 Å². The number of aliphatic hydroxyl groups is 4. The molecule has 1 heterocycles. The summed E-state index contributed by atoms with van der Waals surface area (Å²) in [5.74, 6) is 0.402. The molecule has 2 aromatic rings. The van der Waals surface area contributed by atoms with Crippen LogP contribution in [0.2, 0.25) is 0 Å². The second-order valence-electron chi connectivity index (χ2n) is 7.67. The molecule has 1 fully saturated rings. The van der Waals surface area contributed by atoms with Crippen LogP contribution in [0, 0.1) is 0 Å². The molecule has 0 amide bonds. The zero-order chi connectivity index (χ0) is 21.2. The molecule has 29 heavy (non-hydrogen) atoms. The van der Waals surface area contributed by atoms with E-state index in [1.165, 1.54) is 12.5 Å². The van der Waals surface area contributed by atoms with Crippen molar-refractivity contribution in [1.82, 2.24) is 0 Å². The fourth-order valence-corrected chi connectivity index (χ4v) is 3.46. The molecular weight excluding hydrogens is 374 g/mol. The third kappa shape index (κ3) is 4.55. The fraction of sp³-hybridized carbons (Fsp3) is 0.455. The highest BCUT2D eigenvalue weighted by molar-refractivity contribution is 5.50. The molecule has 5 atom stereocenters. The summed E-state index contributed by atoms with van der Waals surface area (Å²) in [5, 5.41) is 40.5. The Balaban J connectivity index is 1.83. The van der Waals surface area contributed by atoms with Crippen LogP contribution < -0.4 is 10.5 Å². The summed E-state index contributed by atoms with van der Waals surface area (Å²) in [4.78, 5) is 0. The number of rotatable bonds is 6. The van der Waals surface area contributed by atoms with Gasteiger partial charge in [0.25, 0.3) is 0 Å². The predicted octanol–water partition coefficient (Wildman–Crippen LogP) is 0.991. The summed E-state index contributed by atoms with van der Waals surface area (Å²) in [6.07, 6.45) is -3.91. The standard InChI is InChI=1S/C22H29NO6/c1-3-13-4-6-14(7-5-13)10-15-8-9-16(23)11-17(15)28-21-19(25)20(26)22(2,27)18(12-24)29-21/h4-9,11,18-21,24-27H,3,10,12,23H2,1-2H3/t18-,19-,20-,21-,22-/m1/s1. The SMILES string of the molecule is CCc1ccc(Cc2ccc(N)cc2O[C@@H]2O[C@H](CO)[C@@](C)(O)[C@H](O)[C@H]2O)cc1. The van der Waals surface area contributed by atoms with Gasteiger partial charge in [-0.3, -0.25) is 0 Å². The molecule has 1 aliphatic rings. The maximum Gasteiger partial charge on any atom is 0.229 e. The minimum Gasteiger partial charge on any atom is -0.462 e. The maximum atomic E-state index is 10.4. The van der Waals surface area contributed by atoms with Gasteiger partial charge in [-0.05, 0) is 36.1 Å².